The lowest BCUT2D eigenvalue weighted by atomic mass is 10.3. The summed E-state index contributed by atoms with van der Waals surface area (Å²) in [5.41, 5.74) is 6.27. The number of hydrogen-bond donors (Lipinski definition) is 2. The molecule has 0 aromatic carbocycles. The Balaban J connectivity index is 2.21. The molecule has 2 aromatic heterocycles. The fourth-order valence-corrected chi connectivity index (χ4v) is 2.48. The Morgan fingerprint density at radius 1 is 1.39 bits per heavy atom. The van der Waals surface area contributed by atoms with Crippen molar-refractivity contribution in [3.8, 4) is 0 Å². The number of nitrogen functional groups attached to an aromatic ring is 1. The van der Waals surface area contributed by atoms with Crippen LogP contribution in [0.3, 0.4) is 0 Å². The van der Waals surface area contributed by atoms with Gasteiger partial charge < -0.3 is 11.1 Å². The molecule has 94 valence electrons. The third-order valence-electron chi connectivity index (χ3n) is 2.09. The van der Waals surface area contributed by atoms with Gasteiger partial charge in [-0.05, 0) is 24.6 Å². The molecule has 0 aliphatic rings. The predicted molar refractivity (Wildman–Crippen MR) is 73.5 cm³/mol. The van der Waals surface area contributed by atoms with Gasteiger partial charge in [-0.2, -0.15) is 0 Å². The van der Waals surface area contributed by atoms with Crippen molar-refractivity contribution in [3.63, 3.8) is 0 Å². The number of carbonyl (C=O) groups excluding carboxylic acids is 1. The summed E-state index contributed by atoms with van der Waals surface area (Å²) in [7, 11) is 0. The predicted octanol–water partition coefficient (Wildman–Crippen LogP) is 2.99. The van der Waals surface area contributed by atoms with E-state index in [1.807, 2.05) is 6.92 Å². The lowest BCUT2D eigenvalue weighted by Gasteiger charge is -2.02. The van der Waals surface area contributed by atoms with Gasteiger partial charge in [-0.3, -0.25) is 4.79 Å². The van der Waals surface area contributed by atoms with E-state index in [1.54, 1.807) is 6.07 Å². The second kappa shape index (κ2) is 5.09. The zero-order chi connectivity index (χ0) is 13.3. The third-order valence-corrected chi connectivity index (χ3v) is 3.52. The highest BCUT2D eigenvalue weighted by Gasteiger charge is 2.12. The maximum atomic E-state index is 11.9. The first-order valence-electron chi connectivity index (χ1n) is 4.83. The molecule has 2 heterocycles. The summed E-state index contributed by atoms with van der Waals surface area (Å²) in [6, 6.07) is 3.02. The van der Waals surface area contributed by atoms with Gasteiger partial charge in [0.05, 0.1) is 4.88 Å². The first kappa shape index (κ1) is 13.1. The SMILES string of the molecule is Cc1sc(C(=O)Nc2cc(Cl)nc(Cl)n2)cc1N. The van der Waals surface area contributed by atoms with Gasteiger partial charge in [0, 0.05) is 16.6 Å². The number of amides is 1. The minimum absolute atomic E-state index is 0.0281. The number of anilines is 2. The fourth-order valence-electron chi connectivity index (χ4n) is 1.24. The van der Waals surface area contributed by atoms with Crippen molar-refractivity contribution in [2.75, 3.05) is 11.1 Å². The molecule has 3 N–H and O–H groups in total. The molecular formula is C10H8Cl2N4OS. The maximum Gasteiger partial charge on any atom is 0.266 e. The Bertz CT molecular complexity index is 574. The van der Waals surface area contributed by atoms with Gasteiger partial charge >= 0.3 is 0 Å². The van der Waals surface area contributed by atoms with Crippen LogP contribution in [-0.2, 0) is 0 Å². The number of thiophene rings is 1. The summed E-state index contributed by atoms with van der Waals surface area (Å²) in [6.45, 7) is 1.84. The van der Waals surface area contributed by atoms with E-state index in [9.17, 15) is 4.79 Å². The summed E-state index contributed by atoms with van der Waals surface area (Å²) in [5.74, 6) is -0.0692. The number of aryl methyl sites for hydroxylation is 1. The molecule has 0 unspecified atom stereocenters. The summed E-state index contributed by atoms with van der Waals surface area (Å²) >= 11 is 12.6. The summed E-state index contributed by atoms with van der Waals surface area (Å²) < 4.78 is 0. The molecular weight excluding hydrogens is 295 g/mol. The first-order valence-corrected chi connectivity index (χ1v) is 6.40. The van der Waals surface area contributed by atoms with Gasteiger partial charge in [-0.25, -0.2) is 9.97 Å². The molecule has 0 fully saturated rings. The minimum atomic E-state index is -0.314. The molecule has 0 aliphatic carbocycles. The van der Waals surface area contributed by atoms with Crippen LogP contribution in [0.1, 0.15) is 14.5 Å². The average molecular weight is 303 g/mol. The number of carbonyl (C=O) groups is 1. The monoisotopic (exact) mass is 302 g/mol. The lowest BCUT2D eigenvalue weighted by molar-refractivity contribution is 0.103. The van der Waals surface area contributed by atoms with Crippen LogP contribution >= 0.6 is 34.5 Å². The van der Waals surface area contributed by atoms with Gasteiger partial charge in [0.25, 0.3) is 5.91 Å². The summed E-state index contributed by atoms with van der Waals surface area (Å²) in [4.78, 5) is 20.8. The quantitative estimate of drug-likeness (QED) is 0.660. The maximum absolute atomic E-state index is 11.9. The molecule has 0 saturated carbocycles. The van der Waals surface area contributed by atoms with Crippen LogP contribution in [0.2, 0.25) is 10.4 Å². The second-order valence-corrected chi connectivity index (χ2v) is 5.40. The molecule has 0 bridgehead atoms. The van der Waals surface area contributed by atoms with Crippen LogP contribution in [0.5, 0.6) is 0 Å². The highest BCUT2D eigenvalue weighted by Crippen LogP contribution is 2.24. The van der Waals surface area contributed by atoms with E-state index < -0.39 is 0 Å². The van der Waals surface area contributed by atoms with Gasteiger partial charge in [-0.15, -0.1) is 11.3 Å². The Morgan fingerprint density at radius 3 is 2.67 bits per heavy atom. The van der Waals surface area contributed by atoms with Gasteiger partial charge in [0.15, 0.2) is 0 Å². The van der Waals surface area contributed by atoms with Crippen molar-refractivity contribution in [3.05, 3.63) is 32.3 Å². The highest BCUT2D eigenvalue weighted by atomic mass is 35.5. The van der Waals surface area contributed by atoms with Crippen LogP contribution in [0.4, 0.5) is 11.5 Å². The lowest BCUT2D eigenvalue weighted by Crippen LogP contribution is -2.11. The van der Waals surface area contributed by atoms with Gasteiger partial charge in [0.1, 0.15) is 11.0 Å². The van der Waals surface area contributed by atoms with Crippen molar-refractivity contribution in [1.82, 2.24) is 9.97 Å². The van der Waals surface area contributed by atoms with Crippen molar-refractivity contribution in [1.29, 1.82) is 0 Å². The van der Waals surface area contributed by atoms with Gasteiger partial charge in [-0.1, -0.05) is 11.6 Å². The molecule has 0 atom stereocenters. The largest absolute Gasteiger partial charge is 0.398 e. The molecule has 0 saturated heterocycles. The van der Waals surface area contributed by atoms with Crippen molar-refractivity contribution >= 4 is 52.0 Å². The number of aromatic nitrogens is 2. The molecule has 1 amide bonds. The molecule has 2 aromatic rings. The van der Waals surface area contributed by atoms with E-state index in [-0.39, 0.29) is 22.2 Å². The normalized spacial score (nSPS) is 10.4. The van der Waals surface area contributed by atoms with E-state index in [1.165, 1.54) is 17.4 Å². The standard InChI is InChI=1S/C10H8Cl2N4OS/c1-4-5(13)2-6(18-4)9(17)15-8-3-7(11)14-10(12)16-8/h2-3H,13H2,1H3,(H,14,15,16,17). The third kappa shape index (κ3) is 2.90. The zero-order valence-corrected chi connectivity index (χ0v) is 11.5. The molecule has 18 heavy (non-hydrogen) atoms. The molecule has 0 spiro atoms. The number of nitrogens with one attached hydrogen (secondary N) is 1. The van der Waals surface area contributed by atoms with Crippen LogP contribution in [0.15, 0.2) is 12.1 Å². The van der Waals surface area contributed by atoms with Crippen molar-refractivity contribution < 1.29 is 4.79 Å². The number of nitrogens with two attached hydrogens (primary N) is 1. The van der Waals surface area contributed by atoms with E-state index >= 15 is 0 Å². The summed E-state index contributed by atoms with van der Waals surface area (Å²) in [5, 5.41) is 2.71. The molecule has 2 rings (SSSR count). The van der Waals surface area contributed by atoms with E-state index in [0.717, 1.165) is 4.88 Å². The van der Waals surface area contributed by atoms with Gasteiger partial charge in [0.2, 0.25) is 5.28 Å². The highest BCUT2D eigenvalue weighted by molar-refractivity contribution is 7.14. The minimum Gasteiger partial charge on any atom is -0.398 e. The van der Waals surface area contributed by atoms with E-state index in [4.69, 9.17) is 28.9 Å². The van der Waals surface area contributed by atoms with Crippen LogP contribution in [-0.4, -0.2) is 15.9 Å². The average Bonchev–Trinajstić information content (AvgIpc) is 2.57. The molecule has 0 radical (unpaired) electrons. The Labute approximate surface area is 117 Å². The Kier molecular flexibility index (Phi) is 3.70. The van der Waals surface area contributed by atoms with Crippen molar-refractivity contribution in [2.45, 2.75) is 6.92 Å². The Hall–Kier alpha value is -1.37. The first-order chi connectivity index (χ1) is 8.45. The van der Waals surface area contributed by atoms with Crippen molar-refractivity contribution in [2.24, 2.45) is 0 Å². The zero-order valence-electron chi connectivity index (χ0n) is 9.20. The van der Waals surface area contributed by atoms with E-state index in [0.29, 0.717) is 10.6 Å². The second-order valence-electron chi connectivity index (χ2n) is 3.42. The van der Waals surface area contributed by atoms with Crippen LogP contribution in [0.25, 0.3) is 0 Å². The van der Waals surface area contributed by atoms with Crippen LogP contribution < -0.4 is 11.1 Å². The number of hydrogen-bond acceptors (Lipinski definition) is 5. The van der Waals surface area contributed by atoms with Crippen LogP contribution in [0, 0.1) is 6.92 Å². The molecule has 8 heteroatoms. The smallest absolute Gasteiger partial charge is 0.266 e. The Morgan fingerprint density at radius 2 is 2.11 bits per heavy atom. The summed E-state index contributed by atoms with van der Waals surface area (Å²) in [6.07, 6.45) is 0. The van der Waals surface area contributed by atoms with E-state index in [2.05, 4.69) is 15.3 Å². The number of nitrogens with zero attached hydrogens (tertiary/aromatic N) is 2. The number of rotatable bonds is 2. The molecule has 0 aliphatic heterocycles. The molecule has 5 nitrogen and oxygen atoms in total. The topological polar surface area (TPSA) is 80.9 Å². The number of halogens is 2. The fraction of sp³-hybridized carbons (Fsp3) is 0.100.